The third-order valence-electron chi connectivity index (χ3n) is 4.63. The van der Waals surface area contributed by atoms with E-state index in [1.54, 1.807) is 7.11 Å². The highest BCUT2D eigenvalue weighted by molar-refractivity contribution is 5.70. The van der Waals surface area contributed by atoms with E-state index < -0.39 is 5.97 Å². The van der Waals surface area contributed by atoms with Gasteiger partial charge in [-0.3, -0.25) is 4.79 Å². The normalized spacial score (nSPS) is 27.4. The maximum Gasteiger partial charge on any atom is 0.307 e. The van der Waals surface area contributed by atoms with E-state index in [9.17, 15) is 4.79 Å². The van der Waals surface area contributed by atoms with Crippen LogP contribution in [0.2, 0.25) is 0 Å². The first kappa shape index (κ1) is 13.6. The van der Waals surface area contributed by atoms with Crippen LogP contribution in [0.5, 0.6) is 0 Å². The summed E-state index contributed by atoms with van der Waals surface area (Å²) >= 11 is 0. The molecule has 0 aromatic heterocycles. The molecule has 2 atom stereocenters. The summed E-state index contributed by atoms with van der Waals surface area (Å²) in [6, 6.07) is 8.68. The summed E-state index contributed by atoms with van der Waals surface area (Å²) in [5.74, 6) is -0.963. The van der Waals surface area contributed by atoms with Crippen molar-refractivity contribution in [3.05, 3.63) is 35.4 Å². The van der Waals surface area contributed by atoms with Crippen LogP contribution in [0.1, 0.15) is 36.4 Å². The number of carbonyl (C=O) groups is 1. The first-order valence-corrected chi connectivity index (χ1v) is 7.22. The molecule has 1 aromatic rings. The highest BCUT2D eigenvalue weighted by atomic mass is 16.5. The van der Waals surface area contributed by atoms with Crippen LogP contribution in [0.3, 0.4) is 0 Å². The van der Waals surface area contributed by atoms with Gasteiger partial charge < -0.3 is 15.2 Å². The van der Waals surface area contributed by atoms with Gasteiger partial charge in [-0.25, -0.2) is 0 Å². The summed E-state index contributed by atoms with van der Waals surface area (Å²) in [7, 11) is 1.79. The Morgan fingerprint density at radius 3 is 2.60 bits per heavy atom. The van der Waals surface area contributed by atoms with Gasteiger partial charge in [0.05, 0.1) is 11.5 Å². The van der Waals surface area contributed by atoms with Crippen LogP contribution >= 0.6 is 0 Å². The van der Waals surface area contributed by atoms with E-state index >= 15 is 0 Å². The van der Waals surface area contributed by atoms with Crippen molar-refractivity contribution in [3.8, 4) is 0 Å². The van der Waals surface area contributed by atoms with Crippen LogP contribution in [0, 0.1) is 5.92 Å². The largest absolute Gasteiger partial charge is 0.481 e. The summed E-state index contributed by atoms with van der Waals surface area (Å²) in [5, 5.41) is 12.3. The van der Waals surface area contributed by atoms with Gasteiger partial charge in [0.2, 0.25) is 0 Å². The van der Waals surface area contributed by atoms with E-state index in [1.165, 1.54) is 11.1 Å². The van der Waals surface area contributed by atoms with Crippen molar-refractivity contribution in [1.29, 1.82) is 0 Å². The Balaban J connectivity index is 1.63. The molecule has 4 heteroatoms. The van der Waals surface area contributed by atoms with Crippen molar-refractivity contribution in [2.45, 2.75) is 37.3 Å². The Labute approximate surface area is 119 Å². The second kappa shape index (κ2) is 5.19. The lowest BCUT2D eigenvalue weighted by Gasteiger charge is -2.15. The molecule has 2 aliphatic rings. The van der Waals surface area contributed by atoms with E-state index in [1.807, 2.05) is 0 Å². The number of rotatable bonds is 5. The van der Waals surface area contributed by atoms with Gasteiger partial charge in [0.1, 0.15) is 0 Å². The fourth-order valence-corrected chi connectivity index (χ4v) is 3.01. The van der Waals surface area contributed by atoms with Crippen molar-refractivity contribution < 1.29 is 14.6 Å². The Kier molecular flexibility index (Phi) is 3.52. The average Bonchev–Trinajstić information content (AvgIpc) is 3.04. The van der Waals surface area contributed by atoms with Gasteiger partial charge >= 0.3 is 5.97 Å². The molecule has 1 aromatic carbocycles. The van der Waals surface area contributed by atoms with E-state index in [-0.39, 0.29) is 17.6 Å². The molecule has 0 amide bonds. The number of hydrogen-bond acceptors (Lipinski definition) is 3. The first-order valence-electron chi connectivity index (χ1n) is 7.22. The Morgan fingerprint density at radius 1 is 1.40 bits per heavy atom. The fourth-order valence-electron chi connectivity index (χ4n) is 3.01. The van der Waals surface area contributed by atoms with Gasteiger partial charge in [-0.15, -0.1) is 0 Å². The number of ether oxygens (including phenoxy) is 1. The van der Waals surface area contributed by atoms with E-state index in [0.29, 0.717) is 13.0 Å². The maximum atomic E-state index is 11.0. The number of benzene rings is 1. The maximum absolute atomic E-state index is 11.0. The van der Waals surface area contributed by atoms with Gasteiger partial charge in [-0.05, 0) is 30.4 Å². The van der Waals surface area contributed by atoms with Crippen molar-refractivity contribution in [2.24, 2.45) is 5.92 Å². The molecular weight excluding hydrogens is 254 g/mol. The van der Waals surface area contributed by atoms with Crippen molar-refractivity contribution in [1.82, 2.24) is 5.32 Å². The summed E-state index contributed by atoms with van der Waals surface area (Å²) < 4.78 is 5.55. The van der Waals surface area contributed by atoms with Gasteiger partial charge in [0.25, 0.3) is 0 Å². The summed E-state index contributed by atoms with van der Waals surface area (Å²) in [4.78, 5) is 11.0. The Morgan fingerprint density at radius 2 is 2.10 bits per heavy atom. The molecule has 0 spiro atoms. The molecule has 108 valence electrons. The highest BCUT2D eigenvalue weighted by Gasteiger charge is 2.42. The lowest BCUT2D eigenvalue weighted by atomic mass is 9.98. The van der Waals surface area contributed by atoms with Crippen LogP contribution in [-0.4, -0.2) is 30.3 Å². The second-order valence-corrected chi connectivity index (χ2v) is 6.04. The lowest BCUT2D eigenvalue weighted by Crippen LogP contribution is -2.17. The number of methoxy groups -OCH3 is 1. The number of carboxylic acids is 1. The number of aliphatic carboxylic acids is 1. The van der Waals surface area contributed by atoms with Crippen molar-refractivity contribution >= 4 is 5.97 Å². The summed E-state index contributed by atoms with van der Waals surface area (Å²) in [6.45, 7) is 0.564. The molecule has 2 fully saturated rings. The van der Waals surface area contributed by atoms with E-state index in [2.05, 4.69) is 29.6 Å². The number of nitrogens with one attached hydrogen (secondary N) is 1. The molecule has 1 heterocycles. The predicted octanol–water partition coefficient (Wildman–Crippen LogP) is 2.14. The van der Waals surface area contributed by atoms with E-state index in [4.69, 9.17) is 9.84 Å². The molecule has 1 saturated carbocycles. The zero-order valence-electron chi connectivity index (χ0n) is 11.8. The number of hydrogen-bond donors (Lipinski definition) is 2. The lowest BCUT2D eigenvalue weighted by molar-refractivity contribution is -0.141. The third-order valence-corrected chi connectivity index (χ3v) is 4.63. The molecule has 2 N–H and O–H groups in total. The molecule has 0 bridgehead atoms. The minimum absolute atomic E-state index is 0.0848. The van der Waals surface area contributed by atoms with Crippen LogP contribution < -0.4 is 5.32 Å². The SMILES string of the molecule is COC1(Cc2ccc(C3CC(C(=O)O)CN3)cc2)CC1. The monoisotopic (exact) mass is 275 g/mol. The van der Waals surface area contributed by atoms with E-state index in [0.717, 1.165) is 19.3 Å². The number of carboxylic acid groups (broad SMARTS) is 1. The van der Waals surface area contributed by atoms with Gasteiger partial charge in [-0.2, -0.15) is 0 Å². The Hall–Kier alpha value is -1.39. The van der Waals surface area contributed by atoms with Crippen LogP contribution in [0.15, 0.2) is 24.3 Å². The molecule has 4 nitrogen and oxygen atoms in total. The standard InChI is InChI=1S/C16H21NO3/c1-20-16(6-7-16)9-11-2-4-12(5-3-11)14-8-13(10-17-14)15(18)19/h2-5,13-14,17H,6-10H2,1H3,(H,18,19). The third kappa shape index (κ3) is 2.72. The van der Waals surface area contributed by atoms with Crippen LogP contribution in [-0.2, 0) is 16.0 Å². The smallest absolute Gasteiger partial charge is 0.307 e. The molecule has 1 aliphatic heterocycles. The van der Waals surface area contributed by atoms with Crippen molar-refractivity contribution in [3.63, 3.8) is 0 Å². The molecular formula is C16H21NO3. The molecule has 2 unspecified atom stereocenters. The summed E-state index contributed by atoms with van der Waals surface area (Å²) in [6.07, 6.45) is 3.95. The first-order chi connectivity index (χ1) is 9.62. The fraction of sp³-hybridized carbons (Fsp3) is 0.562. The minimum atomic E-state index is -0.701. The molecule has 1 aliphatic carbocycles. The zero-order valence-corrected chi connectivity index (χ0v) is 11.8. The van der Waals surface area contributed by atoms with Gasteiger partial charge in [-0.1, -0.05) is 24.3 Å². The topological polar surface area (TPSA) is 58.6 Å². The van der Waals surface area contributed by atoms with Crippen LogP contribution in [0.4, 0.5) is 0 Å². The summed E-state index contributed by atoms with van der Waals surface area (Å²) in [5.41, 5.74) is 2.56. The minimum Gasteiger partial charge on any atom is -0.481 e. The van der Waals surface area contributed by atoms with Gasteiger partial charge in [0.15, 0.2) is 0 Å². The van der Waals surface area contributed by atoms with Crippen LogP contribution in [0.25, 0.3) is 0 Å². The molecule has 20 heavy (non-hydrogen) atoms. The Bertz CT molecular complexity index is 493. The second-order valence-electron chi connectivity index (χ2n) is 6.04. The molecule has 3 rings (SSSR count). The van der Waals surface area contributed by atoms with Crippen molar-refractivity contribution in [2.75, 3.05) is 13.7 Å². The van der Waals surface area contributed by atoms with Gasteiger partial charge in [0, 0.05) is 26.1 Å². The zero-order chi connectivity index (χ0) is 14.2. The quantitative estimate of drug-likeness (QED) is 0.864. The average molecular weight is 275 g/mol. The highest BCUT2D eigenvalue weighted by Crippen LogP contribution is 2.42. The predicted molar refractivity (Wildman–Crippen MR) is 75.6 cm³/mol. The molecule has 1 saturated heterocycles. The molecule has 0 radical (unpaired) electrons.